The minimum atomic E-state index is -0.446. The average Bonchev–Trinajstić information content (AvgIpc) is 2.90. The lowest BCUT2D eigenvalue weighted by Gasteiger charge is -2.26. The van der Waals surface area contributed by atoms with E-state index >= 15 is 0 Å². The topological polar surface area (TPSA) is 60.2 Å². The van der Waals surface area contributed by atoms with Gasteiger partial charge in [-0.05, 0) is 36.2 Å². The molecular formula is C16H14FN3O. The van der Waals surface area contributed by atoms with Gasteiger partial charge in [-0.1, -0.05) is 12.1 Å². The molecule has 2 heterocycles. The molecule has 1 aliphatic rings. The van der Waals surface area contributed by atoms with Crippen LogP contribution in [0.1, 0.15) is 23.7 Å². The molecule has 5 heteroatoms. The van der Waals surface area contributed by atoms with Crippen LogP contribution >= 0.6 is 0 Å². The minimum absolute atomic E-state index is 0.0328. The number of aliphatic hydroxyl groups is 1. The zero-order chi connectivity index (χ0) is 14.8. The Hall–Kier alpha value is -2.45. The van der Waals surface area contributed by atoms with Crippen molar-refractivity contribution in [2.24, 2.45) is 0 Å². The van der Waals surface area contributed by atoms with Crippen LogP contribution in [0.5, 0.6) is 0 Å². The molecule has 1 aromatic carbocycles. The number of rotatable bonds is 2. The second kappa shape index (κ2) is 5.51. The van der Waals surface area contributed by atoms with Crippen molar-refractivity contribution in [2.75, 3.05) is 11.4 Å². The number of pyridine rings is 1. The van der Waals surface area contributed by atoms with Gasteiger partial charge in [-0.15, -0.1) is 0 Å². The van der Waals surface area contributed by atoms with Crippen molar-refractivity contribution in [3.63, 3.8) is 0 Å². The Labute approximate surface area is 122 Å². The summed E-state index contributed by atoms with van der Waals surface area (Å²) in [5, 5.41) is 18.9. The molecule has 4 nitrogen and oxygen atoms in total. The van der Waals surface area contributed by atoms with Crippen LogP contribution in [0.3, 0.4) is 0 Å². The van der Waals surface area contributed by atoms with Crippen molar-refractivity contribution in [1.29, 1.82) is 5.26 Å². The van der Waals surface area contributed by atoms with Gasteiger partial charge < -0.3 is 10.0 Å². The lowest BCUT2D eigenvalue weighted by molar-refractivity contribution is 0.194. The standard InChI is InChI=1S/C16H14FN3O/c17-12-3-1-11(2-4-12)16-8-15(21)10-20(16)14-5-6-19-13(7-14)9-18/h1-7,15-16,21H,8,10H2/t15-,16-/m0/s1. The third-order valence-electron chi connectivity index (χ3n) is 3.72. The van der Waals surface area contributed by atoms with E-state index in [1.165, 1.54) is 12.1 Å². The second-order valence-electron chi connectivity index (χ2n) is 5.12. The molecule has 1 N–H and O–H groups in total. The molecule has 0 amide bonds. The quantitative estimate of drug-likeness (QED) is 0.919. The van der Waals surface area contributed by atoms with Crippen LogP contribution in [0.25, 0.3) is 0 Å². The molecule has 1 saturated heterocycles. The number of nitrogens with zero attached hydrogens (tertiary/aromatic N) is 3. The van der Waals surface area contributed by atoms with E-state index in [1.807, 2.05) is 17.0 Å². The van der Waals surface area contributed by atoms with Crippen molar-refractivity contribution in [3.8, 4) is 6.07 Å². The normalized spacial score (nSPS) is 21.3. The zero-order valence-electron chi connectivity index (χ0n) is 11.3. The molecule has 1 aromatic heterocycles. The van der Waals surface area contributed by atoms with Gasteiger partial charge in [0.05, 0.1) is 12.1 Å². The Morgan fingerprint density at radius 1 is 1.29 bits per heavy atom. The van der Waals surface area contributed by atoms with E-state index in [2.05, 4.69) is 4.98 Å². The van der Waals surface area contributed by atoms with Crippen LogP contribution in [-0.4, -0.2) is 22.7 Å². The number of hydrogen-bond donors (Lipinski definition) is 1. The highest BCUT2D eigenvalue weighted by Crippen LogP contribution is 2.36. The summed E-state index contributed by atoms with van der Waals surface area (Å²) < 4.78 is 13.1. The van der Waals surface area contributed by atoms with Crippen molar-refractivity contribution in [2.45, 2.75) is 18.6 Å². The van der Waals surface area contributed by atoms with Crippen LogP contribution in [0.4, 0.5) is 10.1 Å². The molecule has 21 heavy (non-hydrogen) atoms. The van der Waals surface area contributed by atoms with Crippen molar-refractivity contribution in [3.05, 3.63) is 59.7 Å². The highest BCUT2D eigenvalue weighted by Gasteiger charge is 2.32. The number of hydrogen-bond acceptors (Lipinski definition) is 4. The molecule has 0 radical (unpaired) electrons. The van der Waals surface area contributed by atoms with E-state index in [9.17, 15) is 9.50 Å². The average molecular weight is 283 g/mol. The van der Waals surface area contributed by atoms with Gasteiger partial charge in [-0.2, -0.15) is 5.26 Å². The molecule has 0 saturated carbocycles. The first-order valence-corrected chi connectivity index (χ1v) is 6.73. The Kier molecular flexibility index (Phi) is 3.55. The fraction of sp³-hybridized carbons (Fsp3) is 0.250. The van der Waals surface area contributed by atoms with Gasteiger partial charge >= 0.3 is 0 Å². The Morgan fingerprint density at radius 2 is 2.05 bits per heavy atom. The molecule has 2 atom stereocenters. The van der Waals surface area contributed by atoms with Gasteiger partial charge in [0.1, 0.15) is 17.6 Å². The number of anilines is 1. The van der Waals surface area contributed by atoms with Gasteiger partial charge in [0.2, 0.25) is 0 Å². The predicted octanol–water partition coefficient (Wildman–Crippen LogP) is 2.40. The summed E-state index contributed by atoms with van der Waals surface area (Å²) in [5.41, 5.74) is 2.13. The van der Waals surface area contributed by atoms with E-state index in [4.69, 9.17) is 5.26 Å². The fourth-order valence-corrected chi connectivity index (χ4v) is 2.76. The molecule has 1 fully saturated rings. The third-order valence-corrected chi connectivity index (χ3v) is 3.72. The summed E-state index contributed by atoms with van der Waals surface area (Å²) in [6, 6.07) is 11.8. The monoisotopic (exact) mass is 283 g/mol. The van der Waals surface area contributed by atoms with Crippen LogP contribution in [-0.2, 0) is 0 Å². The molecule has 2 aromatic rings. The first-order chi connectivity index (χ1) is 10.2. The molecule has 0 unspecified atom stereocenters. The van der Waals surface area contributed by atoms with Crippen molar-refractivity contribution >= 4 is 5.69 Å². The molecule has 1 aliphatic heterocycles. The number of aliphatic hydroxyl groups excluding tert-OH is 1. The summed E-state index contributed by atoms with van der Waals surface area (Å²) in [7, 11) is 0. The SMILES string of the molecule is N#Cc1cc(N2C[C@@H](O)C[C@H]2c2ccc(F)cc2)ccn1. The summed E-state index contributed by atoms with van der Waals surface area (Å²) in [6.45, 7) is 0.483. The van der Waals surface area contributed by atoms with Crippen molar-refractivity contribution in [1.82, 2.24) is 4.98 Å². The molecule has 0 spiro atoms. The van der Waals surface area contributed by atoms with Crippen LogP contribution in [0.15, 0.2) is 42.6 Å². The molecule has 0 bridgehead atoms. The predicted molar refractivity (Wildman–Crippen MR) is 76.1 cm³/mol. The third kappa shape index (κ3) is 2.71. The fourth-order valence-electron chi connectivity index (χ4n) is 2.76. The smallest absolute Gasteiger partial charge is 0.142 e. The molecular weight excluding hydrogens is 269 g/mol. The zero-order valence-corrected chi connectivity index (χ0v) is 11.3. The Morgan fingerprint density at radius 3 is 2.76 bits per heavy atom. The Bertz CT molecular complexity index is 681. The maximum absolute atomic E-state index is 13.1. The first kappa shape index (κ1) is 13.5. The maximum atomic E-state index is 13.1. The van der Waals surface area contributed by atoms with Gasteiger partial charge in [0.15, 0.2) is 0 Å². The summed E-state index contributed by atoms with van der Waals surface area (Å²) in [6.07, 6.45) is 1.72. The molecule has 106 valence electrons. The number of halogens is 1. The lowest BCUT2D eigenvalue weighted by atomic mass is 10.0. The van der Waals surface area contributed by atoms with E-state index < -0.39 is 6.10 Å². The highest BCUT2D eigenvalue weighted by atomic mass is 19.1. The molecule has 3 rings (SSSR count). The van der Waals surface area contributed by atoms with E-state index in [-0.39, 0.29) is 11.9 Å². The lowest BCUT2D eigenvalue weighted by Crippen LogP contribution is -2.24. The largest absolute Gasteiger partial charge is 0.391 e. The van der Waals surface area contributed by atoms with Crippen LogP contribution < -0.4 is 4.90 Å². The summed E-state index contributed by atoms with van der Waals surface area (Å²) in [5.74, 6) is -0.278. The maximum Gasteiger partial charge on any atom is 0.142 e. The van der Waals surface area contributed by atoms with E-state index in [1.54, 1.807) is 24.4 Å². The molecule has 0 aliphatic carbocycles. The van der Waals surface area contributed by atoms with E-state index in [0.29, 0.717) is 18.7 Å². The minimum Gasteiger partial charge on any atom is -0.391 e. The van der Waals surface area contributed by atoms with E-state index in [0.717, 1.165) is 11.3 Å². The van der Waals surface area contributed by atoms with Gasteiger partial charge in [-0.25, -0.2) is 9.37 Å². The van der Waals surface area contributed by atoms with Crippen LogP contribution in [0, 0.1) is 17.1 Å². The number of benzene rings is 1. The number of aromatic nitrogens is 1. The van der Waals surface area contributed by atoms with Gasteiger partial charge in [0, 0.05) is 18.4 Å². The summed E-state index contributed by atoms with van der Waals surface area (Å²) in [4.78, 5) is 5.99. The highest BCUT2D eigenvalue weighted by molar-refractivity contribution is 5.52. The van der Waals surface area contributed by atoms with Crippen molar-refractivity contribution < 1.29 is 9.50 Å². The van der Waals surface area contributed by atoms with Crippen LogP contribution in [0.2, 0.25) is 0 Å². The second-order valence-corrected chi connectivity index (χ2v) is 5.12. The first-order valence-electron chi connectivity index (χ1n) is 6.73. The Balaban J connectivity index is 1.95. The summed E-state index contributed by atoms with van der Waals surface area (Å²) >= 11 is 0. The van der Waals surface area contributed by atoms with Gasteiger partial charge in [0.25, 0.3) is 0 Å². The van der Waals surface area contributed by atoms with Gasteiger partial charge in [-0.3, -0.25) is 0 Å². The number of β-amino-alcohol motifs (C(OH)–C–C–N with tert-alkyl or cyclic N) is 1. The number of nitriles is 1.